The molecule has 1 aliphatic rings. The highest BCUT2D eigenvalue weighted by Gasteiger charge is 2.35. The van der Waals surface area contributed by atoms with E-state index >= 15 is 0 Å². The second kappa shape index (κ2) is 7.08. The van der Waals surface area contributed by atoms with Crippen LogP contribution in [0, 0.1) is 5.92 Å². The first-order valence-corrected chi connectivity index (χ1v) is 9.87. The molecule has 30 heavy (non-hydrogen) atoms. The van der Waals surface area contributed by atoms with Crippen molar-refractivity contribution in [3.8, 4) is 5.69 Å². The van der Waals surface area contributed by atoms with Crippen molar-refractivity contribution < 1.29 is 17.9 Å². The lowest BCUT2D eigenvalue weighted by molar-refractivity contribution is -0.144. The van der Waals surface area contributed by atoms with Gasteiger partial charge >= 0.3 is 11.9 Å². The van der Waals surface area contributed by atoms with E-state index in [0.717, 1.165) is 18.6 Å². The lowest BCUT2D eigenvalue weighted by Crippen LogP contribution is -2.40. The third-order valence-electron chi connectivity index (χ3n) is 4.97. The molecule has 1 aromatic carbocycles. The molecule has 4 rings (SSSR count). The molecule has 11 heteroatoms. The summed E-state index contributed by atoms with van der Waals surface area (Å²) in [6.45, 7) is 4.41. The molecule has 0 spiro atoms. The van der Waals surface area contributed by atoms with Gasteiger partial charge in [-0.25, -0.2) is 14.4 Å². The van der Waals surface area contributed by atoms with Crippen molar-refractivity contribution >= 4 is 27.5 Å². The first kappa shape index (κ1) is 20.3. The van der Waals surface area contributed by atoms with E-state index in [1.807, 2.05) is 13.8 Å². The van der Waals surface area contributed by atoms with Crippen molar-refractivity contribution in [2.24, 2.45) is 18.0 Å². The van der Waals surface area contributed by atoms with Crippen LogP contribution in [0.1, 0.15) is 25.2 Å². The molecule has 7 nitrogen and oxygen atoms in total. The average Bonchev–Trinajstić information content (AvgIpc) is 3.31. The Morgan fingerprint density at radius 1 is 1.27 bits per heavy atom. The molecule has 0 saturated heterocycles. The van der Waals surface area contributed by atoms with Crippen molar-refractivity contribution in [1.82, 2.24) is 13.5 Å². The smallest absolute Gasteiger partial charge is 0.431 e. The van der Waals surface area contributed by atoms with E-state index in [-0.39, 0.29) is 17.6 Å². The highest BCUT2D eigenvalue weighted by atomic mass is 32.1. The van der Waals surface area contributed by atoms with Gasteiger partial charge in [0, 0.05) is 18.5 Å². The molecule has 0 amide bonds. The fourth-order valence-electron chi connectivity index (χ4n) is 3.29. The number of aliphatic imine (C=N–C) groups is 1. The van der Waals surface area contributed by atoms with E-state index < -0.39 is 23.1 Å². The van der Waals surface area contributed by atoms with Crippen LogP contribution in [0.25, 0.3) is 15.8 Å². The first-order chi connectivity index (χ1) is 14.1. The summed E-state index contributed by atoms with van der Waals surface area (Å²) in [6, 6.07) is 5.21. The van der Waals surface area contributed by atoms with Gasteiger partial charge in [-0.2, -0.15) is 17.5 Å². The Hall–Kier alpha value is -2.95. The van der Waals surface area contributed by atoms with Crippen LogP contribution < -0.4 is 11.2 Å². The predicted molar refractivity (Wildman–Crippen MR) is 107 cm³/mol. The molecule has 0 saturated carbocycles. The average molecular weight is 438 g/mol. The van der Waals surface area contributed by atoms with Gasteiger partial charge in [-0.3, -0.25) is 9.36 Å². The molecule has 1 aliphatic heterocycles. The van der Waals surface area contributed by atoms with Crippen LogP contribution in [0.3, 0.4) is 0 Å². The molecule has 0 aliphatic carbocycles. The highest BCUT2D eigenvalue weighted by molar-refractivity contribution is 7.13. The summed E-state index contributed by atoms with van der Waals surface area (Å²) >= 11 is 1.13. The molecule has 0 N–H and O–H groups in total. The number of hydrogen-bond acceptors (Lipinski definition) is 6. The van der Waals surface area contributed by atoms with E-state index in [2.05, 4.69) is 9.37 Å². The van der Waals surface area contributed by atoms with Crippen molar-refractivity contribution in [2.45, 2.75) is 26.1 Å². The summed E-state index contributed by atoms with van der Waals surface area (Å²) in [4.78, 5) is 29.9. The van der Waals surface area contributed by atoms with Crippen molar-refractivity contribution in [1.29, 1.82) is 0 Å². The molecule has 0 bridgehead atoms. The Morgan fingerprint density at radius 2 is 2.00 bits per heavy atom. The number of ether oxygens (including phenoxy) is 1. The molecule has 1 atom stereocenters. The van der Waals surface area contributed by atoms with Gasteiger partial charge < -0.3 is 4.74 Å². The fraction of sp³-hybridized carbons (Fsp3) is 0.368. The quantitative estimate of drug-likeness (QED) is 0.630. The van der Waals surface area contributed by atoms with Gasteiger partial charge in [0.15, 0.2) is 0 Å². The zero-order chi connectivity index (χ0) is 21.8. The summed E-state index contributed by atoms with van der Waals surface area (Å²) in [6.07, 6.45) is -4.83. The Kier molecular flexibility index (Phi) is 4.80. The minimum atomic E-state index is -4.83. The molecule has 3 heterocycles. The summed E-state index contributed by atoms with van der Waals surface area (Å²) in [5.74, 6) is 0.542. The molecular formula is C19H17F3N4O3S. The molecule has 158 valence electrons. The predicted octanol–water partition coefficient (Wildman–Crippen LogP) is 2.97. The monoisotopic (exact) mass is 438 g/mol. The van der Waals surface area contributed by atoms with Crippen LogP contribution in [0.4, 0.5) is 13.2 Å². The van der Waals surface area contributed by atoms with E-state index in [0.29, 0.717) is 43.5 Å². The van der Waals surface area contributed by atoms with Gasteiger partial charge in [-0.05, 0) is 29.6 Å². The normalized spacial score (nSPS) is 16.9. The summed E-state index contributed by atoms with van der Waals surface area (Å²) in [7, 11) is 0.978. The van der Waals surface area contributed by atoms with Crippen molar-refractivity contribution in [3.63, 3.8) is 0 Å². The van der Waals surface area contributed by atoms with Gasteiger partial charge in [0.2, 0.25) is 5.90 Å². The van der Waals surface area contributed by atoms with Crippen LogP contribution in [0.2, 0.25) is 0 Å². The van der Waals surface area contributed by atoms with Gasteiger partial charge in [0.1, 0.15) is 18.0 Å². The van der Waals surface area contributed by atoms with Crippen molar-refractivity contribution in [3.05, 3.63) is 56.5 Å². The Morgan fingerprint density at radius 3 is 2.63 bits per heavy atom. The zero-order valence-electron chi connectivity index (χ0n) is 16.2. The number of fused-ring (bicyclic) bond motifs is 1. The molecule has 2 aromatic heterocycles. The number of alkyl halides is 3. The molecule has 0 radical (unpaired) electrons. The van der Waals surface area contributed by atoms with Crippen LogP contribution in [-0.4, -0.2) is 32.1 Å². The third kappa shape index (κ3) is 3.22. The Bertz CT molecular complexity index is 1290. The third-order valence-corrected chi connectivity index (χ3v) is 5.78. The Balaban J connectivity index is 1.97. The van der Waals surface area contributed by atoms with E-state index in [9.17, 15) is 22.8 Å². The van der Waals surface area contributed by atoms with Gasteiger partial charge in [0.25, 0.3) is 5.56 Å². The highest BCUT2D eigenvalue weighted by Crippen LogP contribution is 2.31. The SMILES string of the molecule is CC(C)C1COC(c2nsc3cccc(-n4c(=O)cc(C(F)(F)F)n(C)c4=O)c23)=N1. The van der Waals surface area contributed by atoms with Gasteiger partial charge in [0.05, 0.1) is 16.4 Å². The molecular weight excluding hydrogens is 421 g/mol. The number of benzene rings is 1. The summed E-state index contributed by atoms with van der Waals surface area (Å²) < 4.78 is 51.4. The van der Waals surface area contributed by atoms with Gasteiger partial charge in [-0.15, -0.1) is 0 Å². The lowest BCUT2D eigenvalue weighted by atomic mass is 10.1. The number of halogens is 3. The van der Waals surface area contributed by atoms with Crippen LogP contribution >= 0.6 is 11.5 Å². The molecule has 0 fully saturated rings. The van der Waals surface area contributed by atoms with Crippen LogP contribution in [0.5, 0.6) is 0 Å². The second-order valence-corrected chi connectivity index (χ2v) is 8.09. The second-order valence-electron chi connectivity index (χ2n) is 7.28. The largest absolute Gasteiger partial charge is 0.474 e. The first-order valence-electron chi connectivity index (χ1n) is 9.09. The fourth-order valence-corrected chi connectivity index (χ4v) is 4.08. The number of aromatic nitrogens is 3. The van der Waals surface area contributed by atoms with Crippen molar-refractivity contribution in [2.75, 3.05) is 6.61 Å². The minimum absolute atomic E-state index is 0.0504. The van der Waals surface area contributed by atoms with E-state index in [4.69, 9.17) is 4.74 Å². The molecule has 3 aromatic rings. The number of nitrogens with zero attached hydrogens (tertiary/aromatic N) is 4. The zero-order valence-corrected chi connectivity index (χ0v) is 17.0. The Labute approximate surface area is 172 Å². The number of rotatable bonds is 3. The standard InChI is InChI=1S/C19H17F3N4O3S/c1-9(2)10-8-29-17(23-10)16-15-11(5-4-6-12(15)30-24-16)26-14(27)7-13(19(20,21)22)25(3)18(26)28/h4-7,9-10H,8H2,1-3H3. The van der Waals surface area contributed by atoms with Crippen LogP contribution in [-0.2, 0) is 18.0 Å². The topological polar surface area (TPSA) is 78.5 Å². The minimum Gasteiger partial charge on any atom is -0.474 e. The maximum Gasteiger partial charge on any atom is 0.431 e. The van der Waals surface area contributed by atoms with Crippen LogP contribution in [0.15, 0.2) is 38.8 Å². The maximum absolute atomic E-state index is 13.2. The summed E-state index contributed by atoms with van der Waals surface area (Å²) in [5, 5.41) is 0.435. The van der Waals surface area contributed by atoms with E-state index in [1.165, 1.54) is 6.07 Å². The van der Waals surface area contributed by atoms with Gasteiger partial charge in [-0.1, -0.05) is 19.9 Å². The lowest BCUT2D eigenvalue weighted by Gasteiger charge is -2.14. The maximum atomic E-state index is 13.2. The molecule has 1 unspecified atom stereocenters. The summed E-state index contributed by atoms with van der Waals surface area (Å²) in [5.41, 5.74) is -3.00. The van der Waals surface area contributed by atoms with E-state index in [1.54, 1.807) is 12.1 Å². The number of hydrogen-bond donors (Lipinski definition) is 0.